The van der Waals surface area contributed by atoms with Crippen molar-refractivity contribution in [2.45, 2.75) is 57.1 Å². The molecule has 2 unspecified atom stereocenters. The van der Waals surface area contributed by atoms with Gasteiger partial charge >= 0.3 is 0 Å². The average Bonchev–Trinajstić information content (AvgIpc) is 2.51. The van der Waals surface area contributed by atoms with Crippen molar-refractivity contribution in [3.8, 4) is 0 Å². The molecule has 1 amide bonds. The van der Waals surface area contributed by atoms with Crippen LogP contribution in [0.1, 0.15) is 27.2 Å². The fraction of sp³-hybridized carbons (Fsp3) is 0.923. The van der Waals surface area contributed by atoms with Crippen molar-refractivity contribution < 1.29 is 23.7 Å². The number of amides is 1. The third-order valence-corrected chi connectivity index (χ3v) is 4.51. The largest absolute Gasteiger partial charge is 0.388 e. The fourth-order valence-electron chi connectivity index (χ4n) is 3.08. The maximum Gasteiger partial charge on any atom is 0.217 e. The van der Waals surface area contributed by atoms with Crippen LogP contribution in [0.2, 0.25) is 0 Å². The van der Waals surface area contributed by atoms with E-state index in [2.05, 4.69) is 34.3 Å². The lowest BCUT2D eigenvalue weighted by Crippen LogP contribution is -2.63. The van der Waals surface area contributed by atoms with Crippen LogP contribution in [0.3, 0.4) is 0 Å². The summed E-state index contributed by atoms with van der Waals surface area (Å²) < 4.78 is 16.2. The molecule has 7 atom stereocenters. The molecule has 0 aromatic carbocycles. The Kier molecular flexibility index (Phi) is 8.82. The second kappa shape index (κ2) is 9.83. The van der Waals surface area contributed by atoms with E-state index in [-0.39, 0.29) is 25.0 Å². The summed E-state index contributed by atoms with van der Waals surface area (Å²) in [6.45, 7) is 5.50. The molecule has 0 aromatic heterocycles. The Balaban J connectivity index is 3.12. The average molecular weight is 380 g/mol. The summed E-state index contributed by atoms with van der Waals surface area (Å²) in [5.41, 5.74) is 8.06. The molecule has 1 aliphatic rings. The van der Waals surface area contributed by atoms with Gasteiger partial charge in [0.25, 0.3) is 0 Å². The highest BCUT2D eigenvalue weighted by Gasteiger charge is 2.47. The van der Waals surface area contributed by atoms with Crippen LogP contribution in [0.15, 0.2) is 5.11 Å². The smallest absolute Gasteiger partial charge is 0.217 e. The normalized spacial score (nSPS) is 28.5. The first-order valence-electron chi connectivity index (χ1n) is 7.56. The number of carbonyl (C=O) groups excluding carboxylic acids is 1. The molecule has 2 N–H and O–H groups in total. The van der Waals surface area contributed by atoms with E-state index in [1.807, 2.05) is 13.8 Å². The van der Waals surface area contributed by atoms with Crippen LogP contribution in [0.4, 0.5) is 0 Å². The topological polar surface area (TPSA) is 126 Å². The molecule has 1 aliphatic heterocycles. The van der Waals surface area contributed by atoms with E-state index in [0.29, 0.717) is 6.42 Å². The van der Waals surface area contributed by atoms with E-state index in [1.54, 1.807) is 0 Å². The molecule has 24 heavy (non-hydrogen) atoms. The first-order chi connectivity index (χ1) is 11.3. The van der Waals surface area contributed by atoms with Crippen LogP contribution in [-0.2, 0) is 18.6 Å². The van der Waals surface area contributed by atoms with Crippen LogP contribution in [-0.4, -0.2) is 54.1 Å². The SMILES string of the molecule is CC(=O)N[C@@H]1[C@@H](CN=[N+]=[N-])CC(C)(C)O[C@H]1[C@H](O)[C@@H](COP)OP. The number of ether oxygens (including phenoxy) is 1. The Morgan fingerprint density at radius 1 is 1.58 bits per heavy atom. The van der Waals surface area contributed by atoms with E-state index in [4.69, 9.17) is 19.3 Å². The molecular weight excluding hydrogens is 354 g/mol. The fourth-order valence-corrected chi connectivity index (χ4v) is 3.51. The van der Waals surface area contributed by atoms with Gasteiger partial charge in [0.15, 0.2) is 0 Å². The van der Waals surface area contributed by atoms with Gasteiger partial charge in [0.05, 0.1) is 18.2 Å². The zero-order chi connectivity index (χ0) is 18.3. The molecule has 1 rings (SSSR count). The molecule has 11 heteroatoms. The van der Waals surface area contributed by atoms with Gasteiger partial charge in [0.1, 0.15) is 18.3 Å². The maximum atomic E-state index is 11.6. The molecule has 138 valence electrons. The maximum absolute atomic E-state index is 11.6. The predicted molar refractivity (Wildman–Crippen MR) is 94.9 cm³/mol. The summed E-state index contributed by atoms with van der Waals surface area (Å²) in [6, 6.07) is -0.511. The summed E-state index contributed by atoms with van der Waals surface area (Å²) in [5, 5.41) is 17.2. The van der Waals surface area contributed by atoms with Crippen LogP contribution in [0.5, 0.6) is 0 Å². The molecule has 0 aromatic rings. The van der Waals surface area contributed by atoms with Crippen molar-refractivity contribution in [2.75, 3.05) is 13.2 Å². The van der Waals surface area contributed by atoms with Gasteiger partial charge in [-0.1, -0.05) is 5.11 Å². The van der Waals surface area contributed by atoms with Crippen LogP contribution < -0.4 is 5.32 Å². The highest BCUT2D eigenvalue weighted by molar-refractivity contribution is 7.10. The van der Waals surface area contributed by atoms with Crippen molar-refractivity contribution in [1.29, 1.82) is 0 Å². The Morgan fingerprint density at radius 2 is 2.25 bits per heavy atom. The number of nitrogens with zero attached hydrogens (tertiary/aromatic N) is 3. The molecule has 0 bridgehead atoms. The number of aliphatic hydroxyl groups is 1. The van der Waals surface area contributed by atoms with Crippen molar-refractivity contribution >= 4 is 24.8 Å². The van der Waals surface area contributed by atoms with Crippen LogP contribution in [0, 0.1) is 5.92 Å². The van der Waals surface area contributed by atoms with Crippen LogP contribution in [0.25, 0.3) is 10.4 Å². The van der Waals surface area contributed by atoms with Gasteiger partial charge in [0, 0.05) is 37.3 Å². The van der Waals surface area contributed by atoms with Crippen molar-refractivity contribution in [3.63, 3.8) is 0 Å². The number of azide groups is 1. The first kappa shape index (κ1) is 21.5. The van der Waals surface area contributed by atoms with Crippen molar-refractivity contribution in [1.82, 2.24) is 5.32 Å². The predicted octanol–water partition coefficient (Wildman–Crippen LogP) is 1.33. The van der Waals surface area contributed by atoms with Gasteiger partial charge in [0.2, 0.25) is 5.91 Å². The third-order valence-electron chi connectivity index (χ3n) is 3.97. The minimum atomic E-state index is -1.05. The first-order valence-corrected chi connectivity index (χ1v) is 8.51. The molecule has 9 nitrogen and oxygen atoms in total. The molecule has 0 radical (unpaired) electrons. The number of carbonyl (C=O) groups is 1. The molecule has 1 fully saturated rings. The lowest BCUT2D eigenvalue weighted by atomic mass is 9.79. The Morgan fingerprint density at radius 3 is 2.75 bits per heavy atom. The van der Waals surface area contributed by atoms with Crippen molar-refractivity contribution in [3.05, 3.63) is 10.4 Å². The molecular formula is C13H26N4O5P2. The summed E-state index contributed by atoms with van der Waals surface area (Å²) >= 11 is 0. The van der Waals surface area contributed by atoms with Crippen molar-refractivity contribution in [2.24, 2.45) is 11.0 Å². The highest BCUT2D eigenvalue weighted by Crippen LogP contribution is 2.35. The van der Waals surface area contributed by atoms with Gasteiger partial charge < -0.3 is 24.2 Å². The lowest BCUT2D eigenvalue weighted by molar-refractivity contribution is -0.193. The van der Waals surface area contributed by atoms with E-state index in [1.165, 1.54) is 6.92 Å². The van der Waals surface area contributed by atoms with Crippen LogP contribution >= 0.6 is 18.9 Å². The van der Waals surface area contributed by atoms with E-state index in [0.717, 1.165) is 0 Å². The molecule has 0 aliphatic carbocycles. The van der Waals surface area contributed by atoms with E-state index < -0.39 is 30.0 Å². The molecule has 0 spiro atoms. The number of nitrogens with one attached hydrogen (secondary N) is 1. The second-order valence-corrected chi connectivity index (χ2v) is 7.05. The Labute approximate surface area is 146 Å². The quantitative estimate of drug-likeness (QED) is 0.284. The van der Waals surface area contributed by atoms with E-state index >= 15 is 0 Å². The second-order valence-electron chi connectivity index (χ2n) is 6.44. The van der Waals surface area contributed by atoms with Gasteiger partial charge in [-0.15, -0.1) is 0 Å². The van der Waals surface area contributed by atoms with E-state index in [9.17, 15) is 9.90 Å². The number of hydrogen-bond acceptors (Lipinski definition) is 6. The Hall–Kier alpha value is -0.520. The Bertz CT molecular complexity index is 475. The van der Waals surface area contributed by atoms with Gasteiger partial charge in [-0.3, -0.25) is 4.79 Å². The monoisotopic (exact) mass is 380 g/mol. The third kappa shape index (κ3) is 6.08. The van der Waals surface area contributed by atoms with Gasteiger partial charge in [-0.2, -0.15) is 0 Å². The minimum Gasteiger partial charge on any atom is -0.388 e. The summed E-state index contributed by atoms with van der Waals surface area (Å²) in [7, 11) is 4.20. The lowest BCUT2D eigenvalue weighted by Gasteiger charge is -2.48. The molecule has 1 saturated heterocycles. The standard InChI is InChI=1S/C13H26N4O5P2/c1-7(18)16-10-8(5-15-17-14)4-13(2,3)21-12(10)11(19)9(22-24)6-20-23/h8-12,19H,4-6,23-24H2,1-3H3,(H,16,18)/t8-,9-,10-,11-,12-/m1/s1. The van der Waals surface area contributed by atoms with Gasteiger partial charge in [-0.05, 0) is 31.7 Å². The zero-order valence-corrected chi connectivity index (χ0v) is 16.4. The molecule has 0 saturated carbocycles. The number of rotatable bonds is 8. The highest BCUT2D eigenvalue weighted by atomic mass is 31.0. The number of hydrogen-bond donors (Lipinski definition) is 2. The minimum absolute atomic E-state index is 0.128. The number of aliphatic hydroxyl groups excluding tert-OH is 1. The zero-order valence-electron chi connectivity index (χ0n) is 14.1. The summed E-state index contributed by atoms with van der Waals surface area (Å²) in [5.74, 6) is -0.424. The van der Waals surface area contributed by atoms with Gasteiger partial charge in [-0.25, -0.2) is 0 Å². The summed E-state index contributed by atoms with van der Waals surface area (Å²) in [4.78, 5) is 14.4. The molecule has 1 heterocycles. The summed E-state index contributed by atoms with van der Waals surface area (Å²) in [6.07, 6.45) is -1.87.